The number of halogens is 3. The highest BCUT2D eigenvalue weighted by Crippen LogP contribution is 2.25. The van der Waals surface area contributed by atoms with Gasteiger partial charge in [-0.15, -0.1) is 6.58 Å². The summed E-state index contributed by atoms with van der Waals surface area (Å²) in [5, 5.41) is 11.6. The minimum Gasteiger partial charge on any atom is -0.480 e. The zero-order chi connectivity index (χ0) is 12.8. The SMILES string of the molecule is C=CCNC(C)(CCCC(F)(F)F)C(=O)O. The number of nitrogens with one attached hydrogen (secondary N) is 1. The molecule has 0 aromatic carbocycles. The number of carbonyl (C=O) groups is 1. The van der Waals surface area contributed by atoms with Gasteiger partial charge in [-0.25, -0.2) is 0 Å². The topological polar surface area (TPSA) is 49.3 Å². The van der Waals surface area contributed by atoms with Gasteiger partial charge >= 0.3 is 12.1 Å². The second-order valence-corrected chi connectivity index (χ2v) is 3.78. The highest BCUT2D eigenvalue weighted by molar-refractivity contribution is 5.78. The first kappa shape index (κ1) is 15.0. The van der Waals surface area contributed by atoms with Gasteiger partial charge in [0.15, 0.2) is 0 Å². The van der Waals surface area contributed by atoms with E-state index in [4.69, 9.17) is 5.11 Å². The predicted molar refractivity (Wildman–Crippen MR) is 54.1 cm³/mol. The molecule has 0 spiro atoms. The smallest absolute Gasteiger partial charge is 0.389 e. The van der Waals surface area contributed by atoms with Gasteiger partial charge in [0, 0.05) is 13.0 Å². The summed E-state index contributed by atoms with van der Waals surface area (Å²) in [6.07, 6.45) is -4.03. The monoisotopic (exact) mass is 239 g/mol. The van der Waals surface area contributed by atoms with Crippen LogP contribution in [-0.4, -0.2) is 29.3 Å². The molecule has 0 aliphatic carbocycles. The first-order chi connectivity index (χ1) is 7.21. The van der Waals surface area contributed by atoms with Crippen molar-refractivity contribution in [3.8, 4) is 0 Å². The molecule has 0 rings (SSSR count). The molecule has 6 heteroatoms. The lowest BCUT2D eigenvalue weighted by atomic mass is 9.95. The van der Waals surface area contributed by atoms with E-state index in [-0.39, 0.29) is 19.4 Å². The molecule has 0 saturated carbocycles. The fourth-order valence-corrected chi connectivity index (χ4v) is 1.21. The fraction of sp³-hybridized carbons (Fsp3) is 0.700. The average molecular weight is 239 g/mol. The van der Waals surface area contributed by atoms with Crippen molar-refractivity contribution >= 4 is 5.97 Å². The van der Waals surface area contributed by atoms with Crippen LogP contribution in [0.3, 0.4) is 0 Å². The van der Waals surface area contributed by atoms with Crippen LogP contribution < -0.4 is 5.32 Å². The van der Waals surface area contributed by atoms with Crippen LogP contribution in [0, 0.1) is 0 Å². The molecule has 0 aliphatic rings. The van der Waals surface area contributed by atoms with Gasteiger partial charge in [-0.3, -0.25) is 10.1 Å². The Labute approximate surface area is 92.3 Å². The lowest BCUT2D eigenvalue weighted by Gasteiger charge is -2.25. The number of rotatable bonds is 7. The van der Waals surface area contributed by atoms with Gasteiger partial charge in [-0.2, -0.15) is 13.2 Å². The quantitative estimate of drug-likeness (QED) is 0.670. The summed E-state index contributed by atoms with van der Waals surface area (Å²) in [6.45, 7) is 5.02. The van der Waals surface area contributed by atoms with E-state index in [9.17, 15) is 18.0 Å². The summed E-state index contributed by atoms with van der Waals surface area (Å²) in [7, 11) is 0. The van der Waals surface area contributed by atoms with Gasteiger partial charge in [0.25, 0.3) is 0 Å². The summed E-state index contributed by atoms with van der Waals surface area (Å²) in [5.41, 5.74) is -1.33. The van der Waals surface area contributed by atoms with Crippen molar-refractivity contribution in [3.05, 3.63) is 12.7 Å². The van der Waals surface area contributed by atoms with E-state index < -0.39 is 24.1 Å². The summed E-state index contributed by atoms with van der Waals surface area (Å²) in [4.78, 5) is 10.9. The van der Waals surface area contributed by atoms with E-state index in [0.29, 0.717) is 0 Å². The van der Waals surface area contributed by atoms with Crippen LogP contribution in [-0.2, 0) is 4.79 Å². The Bertz CT molecular complexity index is 253. The number of carboxylic acids is 1. The Kier molecular flexibility index (Phi) is 5.50. The van der Waals surface area contributed by atoms with E-state index >= 15 is 0 Å². The van der Waals surface area contributed by atoms with E-state index in [2.05, 4.69) is 11.9 Å². The predicted octanol–water partition coefficient (Wildman–Crippen LogP) is 2.34. The Hall–Kier alpha value is -1.04. The third kappa shape index (κ3) is 5.75. The van der Waals surface area contributed by atoms with Crippen LogP contribution in [0.25, 0.3) is 0 Å². The van der Waals surface area contributed by atoms with Crippen molar-refractivity contribution in [2.24, 2.45) is 0 Å². The molecule has 0 bridgehead atoms. The number of aliphatic carboxylic acids is 1. The summed E-state index contributed by atoms with van der Waals surface area (Å²) >= 11 is 0. The van der Waals surface area contributed by atoms with Gasteiger partial charge in [-0.05, 0) is 19.8 Å². The molecule has 16 heavy (non-hydrogen) atoms. The highest BCUT2D eigenvalue weighted by atomic mass is 19.4. The van der Waals surface area contributed by atoms with Gasteiger partial charge < -0.3 is 5.11 Å². The molecular weight excluding hydrogens is 223 g/mol. The lowest BCUT2D eigenvalue weighted by molar-refractivity contribution is -0.147. The van der Waals surface area contributed by atoms with E-state index in [1.807, 2.05) is 0 Å². The summed E-state index contributed by atoms with van der Waals surface area (Å²) < 4.78 is 35.7. The molecule has 0 radical (unpaired) electrons. The number of hydrogen-bond donors (Lipinski definition) is 2. The van der Waals surface area contributed by atoms with Crippen LogP contribution in [0.15, 0.2) is 12.7 Å². The van der Waals surface area contributed by atoms with Crippen molar-refractivity contribution in [1.82, 2.24) is 5.32 Å². The molecule has 94 valence electrons. The molecule has 0 fully saturated rings. The minimum atomic E-state index is -4.24. The molecule has 2 N–H and O–H groups in total. The van der Waals surface area contributed by atoms with Crippen LogP contribution in [0.5, 0.6) is 0 Å². The molecule has 0 saturated heterocycles. The van der Waals surface area contributed by atoms with E-state index in [1.165, 1.54) is 13.0 Å². The van der Waals surface area contributed by atoms with Crippen LogP contribution in [0.2, 0.25) is 0 Å². The summed E-state index contributed by atoms with van der Waals surface area (Å²) in [5.74, 6) is -1.16. The highest BCUT2D eigenvalue weighted by Gasteiger charge is 2.34. The van der Waals surface area contributed by atoms with Crippen molar-refractivity contribution in [2.75, 3.05) is 6.54 Å². The average Bonchev–Trinajstić information content (AvgIpc) is 2.12. The van der Waals surface area contributed by atoms with Gasteiger partial charge in [0.1, 0.15) is 5.54 Å². The molecule has 1 atom stereocenters. The molecule has 0 aromatic rings. The third-order valence-corrected chi connectivity index (χ3v) is 2.25. The molecular formula is C10H16F3NO2. The second kappa shape index (κ2) is 5.89. The maximum atomic E-state index is 11.9. The summed E-state index contributed by atoms with van der Waals surface area (Å²) in [6, 6.07) is 0. The van der Waals surface area contributed by atoms with Crippen LogP contribution >= 0.6 is 0 Å². The number of alkyl halides is 3. The standard InChI is InChI=1S/C10H16F3NO2/c1-3-7-14-9(2,8(15)16)5-4-6-10(11,12)13/h3,14H,1,4-7H2,2H3,(H,15,16). The van der Waals surface area contributed by atoms with Gasteiger partial charge in [0.2, 0.25) is 0 Å². The van der Waals surface area contributed by atoms with Crippen molar-refractivity contribution in [1.29, 1.82) is 0 Å². The van der Waals surface area contributed by atoms with Crippen molar-refractivity contribution in [3.63, 3.8) is 0 Å². The normalized spacial score (nSPS) is 15.5. The van der Waals surface area contributed by atoms with Crippen LogP contribution in [0.1, 0.15) is 26.2 Å². The molecule has 0 amide bonds. The van der Waals surface area contributed by atoms with E-state index in [0.717, 1.165) is 0 Å². The Morgan fingerprint density at radius 3 is 2.38 bits per heavy atom. The lowest BCUT2D eigenvalue weighted by Crippen LogP contribution is -2.49. The van der Waals surface area contributed by atoms with Crippen LogP contribution in [0.4, 0.5) is 13.2 Å². The molecule has 0 aromatic heterocycles. The largest absolute Gasteiger partial charge is 0.480 e. The van der Waals surface area contributed by atoms with Gasteiger partial charge in [-0.1, -0.05) is 6.08 Å². The van der Waals surface area contributed by atoms with Crippen molar-refractivity contribution in [2.45, 2.75) is 37.9 Å². The first-order valence-corrected chi connectivity index (χ1v) is 4.87. The zero-order valence-electron chi connectivity index (χ0n) is 9.10. The molecule has 0 aliphatic heterocycles. The van der Waals surface area contributed by atoms with E-state index in [1.54, 1.807) is 0 Å². The molecule has 3 nitrogen and oxygen atoms in total. The Morgan fingerprint density at radius 2 is 2.00 bits per heavy atom. The maximum Gasteiger partial charge on any atom is 0.389 e. The number of carboxylic acid groups (broad SMARTS) is 1. The maximum absolute atomic E-state index is 11.9. The second-order valence-electron chi connectivity index (χ2n) is 3.78. The Morgan fingerprint density at radius 1 is 1.44 bits per heavy atom. The molecule has 0 heterocycles. The third-order valence-electron chi connectivity index (χ3n) is 2.25. The van der Waals surface area contributed by atoms with Gasteiger partial charge in [0.05, 0.1) is 0 Å². The zero-order valence-corrected chi connectivity index (χ0v) is 9.10. The Balaban J connectivity index is 4.23. The number of hydrogen-bond acceptors (Lipinski definition) is 2. The minimum absolute atomic E-state index is 0.0737. The first-order valence-electron chi connectivity index (χ1n) is 4.87. The van der Waals surface area contributed by atoms with Crippen molar-refractivity contribution < 1.29 is 23.1 Å². The fourth-order valence-electron chi connectivity index (χ4n) is 1.21. The molecule has 1 unspecified atom stereocenters.